The zero-order valence-electron chi connectivity index (χ0n) is 22.3. The van der Waals surface area contributed by atoms with Crippen molar-refractivity contribution in [2.75, 3.05) is 18.1 Å². The number of esters is 2. The van der Waals surface area contributed by atoms with Gasteiger partial charge in [-0.1, -0.05) is 6.07 Å². The van der Waals surface area contributed by atoms with Crippen LogP contribution in [0.2, 0.25) is 0 Å². The maximum absolute atomic E-state index is 14.0. The SMILES string of the molecule is CC(C)(C)OC(=O)COc1cccc2c1C(=O)N(CC(=O)OC(C)(C)C)c1cc(-c3ccco3)ccc1O2. The first-order valence-electron chi connectivity index (χ1n) is 12.2. The van der Waals surface area contributed by atoms with Crippen molar-refractivity contribution < 1.29 is 37.7 Å². The molecule has 0 atom stereocenters. The zero-order valence-corrected chi connectivity index (χ0v) is 22.3. The molecule has 200 valence electrons. The summed E-state index contributed by atoms with van der Waals surface area (Å²) in [6.45, 7) is 9.70. The van der Waals surface area contributed by atoms with Crippen LogP contribution >= 0.6 is 0 Å². The summed E-state index contributed by atoms with van der Waals surface area (Å²) in [7, 11) is 0. The number of hydrogen-bond donors (Lipinski definition) is 0. The largest absolute Gasteiger partial charge is 0.481 e. The number of rotatable bonds is 6. The van der Waals surface area contributed by atoms with Crippen LogP contribution in [0.3, 0.4) is 0 Å². The molecule has 0 saturated heterocycles. The number of ether oxygens (including phenoxy) is 4. The van der Waals surface area contributed by atoms with E-state index in [1.165, 1.54) is 4.90 Å². The van der Waals surface area contributed by atoms with Gasteiger partial charge in [0.15, 0.2) is 12.4 Å². The van der Waals surface area contributed by atoms with Crippen molar-refractivity contribution in [1.82, 2.24) is 0 Å². The number of furan rings is 1. The Morgan fingerprint density at radius 3 is 2.24 bits per heavy atom. The highest BCUT2D eigenvalue weighted by atomic mass is 16.6. The summed E-state index contributed by atoms with van der Waals surface area (Å²) in [6.07, 6.45) is 1.55. The van der Waals surface area contributed by atoms with E-state index < -0.39 is 35.7 Å². The molecule has 3 aromatic rings. The molecule has 1 aliphatic rings. The van der Waals surface area contributed by atoms with E-state index in [0.717, 1.165) is 0 Å². The minimum atomic E-state index is -0.749. The molecule has 1 aliphatic heterocycles. The third-order valence-electron chi connectivity index (χ3n) is 5.20. The summed E-state index contributed by atoms with van der Waals surface area (Å²) in [6, 6.07) is 13.6. The third kappa shape index (κ3) is 6.34. The summed E-state index contributed by atoms with van der Waals surface area (Å²) >= 11 is 0. The smallest absolute Gasteiger partial charge is 0.344 e. The molecular weight excluding hydrogens is 490 g/mol. The maximum Gasteiger partial charge on any atom is 0.344 e. The maximum atomic E-state index is 14.0. The second-order valence-electron chi connectivity index (χ2n) is 10.7. The van der Waals surface area contributed by atoms with Crippen LogP contribution in [0, 0.1) is 0 Å². The van der Waals surface area contributed by atoms with Crippen molar-refractivity contribution in [3.8, 4) is 28.6 Å². The van der Waals surface area contributed by atoms with Gasteiger partial charge in [-0.3, -0.25) is 14.5 Å². The lowest BCUT2D eigenvalue weighted by molar-refractivity contribution is -0.157. The molecule has 4 rings (SSSR count). The van der Waals surface area contributed by atoms with Crippen LogP contribution in [0.1, 0.15) is 51.9 Å². The molecule has 9 nitrogen and oxygen atoms in total. The van der Waals surface area contributed by atoms with Crippen molar-refractivity contribution in [3.63, 3.8) is 0 Å². The van der Waals surface area contributed by atoms with Crippen molar-refractivity contribution in [1.29, 1.82) is 0 Å². The quantitative estimate of drug-likeness (QED) is 0.377. The van der Waals surface area contributed by atoms with Crippen LogP contribution in [0.4, 0.5) is 5.69 Å². The summed E-state index contributed by atoms with van der Waals surface area (Å²) < 4.78 is 28.2. The fourth-order valence-corrected chi connectivity index (χ4v) is 3.87. The Balaban J connectivity index is 1.74. The first-order chi connectivity index (χ1) is 17.8. The molecule has 0 saturated carbocycles. The molecule has 0 bridgehead atoms. The van der Waals surface area contributed by atoms with Gasteiger partial charge in [0.2, 0.25) is 0 Å². The highest BCUT2D eigenvalue weighted by Crippen LogP contribution is 2.43. The number of anilines is 1. The number of hydrogen-bond acceptors (Lipinski definition) is 8. The molecule has 1 aromatic heterocycles. The van der Waals surface area contributed by atoms with E-state index in [-0.39, 0.29) is 23.6 Å². The molecule has 38 heavy (non-hydrogen) atoms. The predicted octanol–water partition coefficient (Wildman–Crippen LogP) is 5.76. The van der Waals surface area contributed by atoms with Crippen LogP contribution in [0.15, 0.2) is 59.2 Å². The van der Waals surface area contributed by atoms with Crippen LogP contribution in [-0.4, -0.2) is 42.2 Å². The van der Waals surface area contributed by atoms with Gasteiger partial charge in [-0.15, -0.1) is 0 Å². The van der Waals surface area contributed by atoms with Crippen molar-refractivity contribution >= 4 is 23.5 Å². The Hall–Kier alpha value is -4.27. The number of benzene rings is 2. The highest BCUT2D eigenvalue weighted by molar-refractivity contribution is 6.13. The topological polar surface area (TPSA) is 105 Å². The standard InChI is InChI=1S/C29H31NO8/c1-28(2,3)37-24(31)16-30-19-15-18(20-11-8-14-34-20)12-13-21(19)36-23-10-7-9-22(26(23)27(30)33)35-17-25(32)38-29(4,5)6/h7-15H,16-17H2,1-6H3. The molecule has 1 amide bonds. The average molecular weight is 522 g/mol. The lowest BCUT2D eigenvalue weighted by Gasteiger charge is -2.25. The molecule has 2 aromatic carbocycles. The van der Waals surface area contributed by atoms with E-state index in [1.54, 1.807) is 96.3 Å². The van der Waals surface area contributed by atoms with E-state index >= 15 is 0 Å². The Labute approximate surface area is 221 Å². The van der Waals surface area contributed by atoms with E-state index in [2.05, 4.69) is 0 Å². The van der Waals surface area contributed by atoms with Crippen LogP contribution < -0.4 is 14.4 Å². The Morgan fingerprint density at radius 1 is 0.868 bits per heavy atom. The Bertz CT molecular complexity index is 1350. The summed E-state index contributed by atoms with van der Waals surface area (Å²) in [5.41, 5.74) is -0.336. The molecule has 0 fully saturated rings. The lowest BCUT2D eigenvalue weighted by atomic mass is 10.1. The van der Waals surface area contributed by atoms with E-state index in [0.29, 0.717) is 22.8 Å². The summed E-state index contributed by atoms with van der Waals surface area (Å²) in [4.78, 5) is 40.5. The zero-order chi connectivity index (χ0) is 27.7. The van der Waals surface area contributed by atoms with Gasteiger partial charge in [0.1, 0.15) is 40.6 Å². The summed E-state index contributed by atoms with van der Waals surface area (Å²) in [5, 5.41) is 0. The predicted molar refractivity (Wildman–Crippen MR) is 140 cm³/mol. The van der Waals surface area contributed by atoms with Gasteiger partial charge in [-0.25, -0.2) is 4.79 Å². The second-order valence-corrected chi connectivity index (χ2v) is 10.7. The van der Waals surface area contributed by atoms with Gasteiger partial charge in [0.05, 0.1) is 12.0 Å². The van der Waals surface area contributed by atoms with Crippen LogP contribution in [0.25, 0.3) is 11.3 Å². The minimum Gasteiger partial charge on any atom is -0.481 e. The Kier molecular flexibility index (Phi) is 7.22. The van der Waals surface area contributed by atoms with E-state index in [4.69, 9.17) is 23.4 Å². The van der Waals surface area contributed by atoms with Crippen molar-refractivity contribution in [2.24, 2.45) is 0 Å². The molecule has 2 heterocycles. The fraction of sp³-hybridized carbons (Fsp3) is 0.345. The molecule has 0 aliphatic carbocycles. The van der Waals surface area contributed by atoms with Crippen molar-refractivity contribution in [3.05, 3.63) is 60.4 Å². The van der Waals surface area contributed by atoms with Gasteiger partial charge in [-0.05, 0) is 84.0 Å². The highest BCUT2D eigenvalue weighted by Gasteiger charge is 2.34. The van der Waals surface area contributed by atoms with Crippen LogP contribution in [-0.2, 0) is 19.1 Å². The van der Waals surface area contributed by atoms with Crippen LogP contribution in [0.5, 0.6) is 17.2 Å². The number of carbonyl (C=O) groups excluding carboxylic acids is 3. The molecule has 0 spiro atoms. The van der Waals surface area contributed by atoms with Gasteiger partial charge in [-0.2, -0.15) is 0 Å². The van der Waals surface area contributed by atoms with Gasteiger partial charge >= 0.3 is 11.9 Å². The monoisotopic (exact) mass is 521 g/mol. The lowest BCUT2D eigenvalue weighted by Crippen LogP contribution is -2.38. The average Bonchev–Trinajstić information content (AvgIpc) is 3.30. The number of carbonyl (C=O) groups is 3. The van der Waals surface area contributed by atoms with Crippen molar-refractivity contribution in [2.45, 2.75) is 52.7 Å². The third-order valence-corrected chi connectivity index (χ3v) is 5.20. The summed E-state index contributed by atoms with van der Waals surface area (Å²) in [5.74, 6) is -0.478. The molecular formula is C29H31NO8. The molecule has 9 heteroatoms. The normalized spacial score (nSPS) is 13.1. The van der Waals surface area contributed by atoms with Gasteiger partial charge in [0.25, 0.3) is 5.91 Å². The molecule has 0 N–H and O–H groups in total. The number of nitrogens with zero attached hydrogens (tertiary/aromatic N) is 1. The Morgan fingerprint density at radius 2 is 1.58 bits per heavy atom. The minimum absolute atomic E-state index is 0.0652. The number of fused-ring (bicyclic) bond motifs is 2. The van der Waals surface area contributed by atoms with E-state index in [1.807, 2.05) is 0 Å². The first kappa shape index (κ1) is 26.8. The first-order valence-corrected chi connectivity index (χ1v) is 12.2. The van der Waals surface area contributed by atoms with Gasteiger partial charge < -0.3 is 23.4 Å². The fourth-order valence-electron chi connectivity index (χ4n) is 3.87. The molecule has 0 radical (unpaired) electrons. The van der Waals surface area contributed by atoms with E-state index in [9.17, 15) is 14.4 Å². The second kappa shape index (κ2) is 10.2. The van der Waals surface area contributed by atoms with Gasteiger partial charge in [0, 0.05) is 5.56 Å². The number of amides is 1. The molecule has 0 unspecified atom stereocenters.